The van der Waals surface area contributed by atoms with Crippen LogP contribution in [0.15, 0.2) is 48.5 Å². The van der Waals surface area contributed by atoms with Crippen LogP contribution in [0.5, 0.6) is 0 Å². The summed E-state index contributed by atoms with van der Waals surface area (Å²) in [5.41, 5.74) is 7.52. The molecular formula is C32H39N3. The Bertz CT molecular complexity index is 1100. The molecule has 4 bridgehead atoms. The molecule has 0 spiro atoms. The fourth-order valence-electron chi connectivity index (χ4n) is 11.4. The number of benzene rings is 2. The largest absolute Gasteiger partial charge is 0.313 e. The smallest absolute Gasteiger partial charge is 0.0144 e. The molecular weight excluding hydrogens is 426 g/mol. The fourth-order valence-corrected chi connectivity index (χ4v) is 11.4. The van der Waals surface area contributed by atoms with Gasteiger partial charge in [-0.05, 0) is 110 Å². The summed E-state index contributed by atoms with van der Waals surface area (Å²) in [6, 6.07) is 21.8. The second kappa shape index (κ2) is 7.00. The van der Waals surface area contributed by atoms with E-state index >= 15 is 0 Å². The first-order chi connectivity index (χ1) is 17.3. The first kappa shape index (κ1) is 20.4. The summed E-state index contributed by atoms with van der Waals surface area (Å²) in [7, 11) is 0. The number of fused-ring (bicyclic) bond motifs is 5. The second-order valence-electron chi connectivity index (χ2n) is 13.5. The van der Waals surface area contributed by atoms with E-state index in [4.69, 9.17) is 0 Å². The van der Waals surface area contributed by atoms with Crippen molar-refractivity contribution in [2.45, 2.75) is 86.4 Å². The van der Waals surface area contributed by atoms with Gasteiger partial charge in [0.15, 0.2) is 0 Å². The normalized spacial score (nSPS) is 48.5. The molecule has 3 heteroatoms. The Kier molecular flexibility index (Phi) is 4.07. The van der Waals surface area contributed by atoms with E-state index < -0.39 is 0 Å². The van der Waals surface area contributed by atoms with E-state index in [1.54, 1.807) is 22.3 Å². The lowest BCUT2D eigenvalue weighted by Gasteiger charge is -2.60. The van der Waals surface area contributed by atoms with Gasteiger partial charge in [0.05, 0.1) is 0 Å². The number of nitrogens with one attached hydrogen (secondary N) is 3. The molecule has 0 amide bonds. The van der Waals surface area contributed by atoms with Crippen LogP contribution in [0.1, 0.15) is 60.8 Å². The van der Waals surface area contributed by atoms with E-state index in [1.165, 1.54) is 64.5 Å². The highest BCUT2D eigenvalue weighted by Gasteiger charge is 2.63. The maximum Gasteiger partial charge on any atom is 0.0144 e. The van der Waals surface area contributed by atoms with Crippen LogP contribution in [0.25, 0.3) is 0 Å². The molecule has 3 heterocycles. The fraction of sp³-hybridized carbons (Fsp3) is 0.625. The van der Waals surface area contributed by atoms with Crippen LogP contribution in [0.4, 0.5) is 0 Å². The molecule has 9 rings (SSSR count). The van der Waals surface area contributed by atoms with Crippen LogP contribution in [0, 0.1) is 23.7 Å². The van der Waals surface area contributed by atoms with E-state index in [1.807, 2.05) is 0 Å². The third kappa shape index (κ3) is 2.53. The summed E-state index contributed by atoms with van der Waals surface area (Å²) >= 11 is 0. The van der Waals surface area contributed by atoms with Gasteiger partial charge >= 0.3 is 0 Å². The highest BCUT2D eigenvalue weighted by Crippen LogP contribution is 2.62. The van der Waals surface area contributed by atoms with Gasteiger partial charge in [-0.15, -0.1) is 0 Å². The molecule has 4 aliphatic carbocycles. The molecule has 35 heavy (non-hydrogen) atoms. The van der Waals surface area contributed by atoms with Gasteiger partial charge in [-0.3, -0.25) is 0 Å². The topological polar surface area (TPSA) is 36.1 Å². The average molecular weight is 466 g/mol. The molecule has 3 saturated heterocycles. The lowest BCUT2D eigenvalue weighted by molar-refractivity contribution is 0.00742. The Balaban J connectivity index is 1.10. The van der Waals surface area contributed by atoms with Crippen LogP contribution in [-0.2, 0) is 23.7 Å². The summed E-state index contributed by atoms with van der Waals surface area (Å²) in [6.45, 7) is 2.41. The van der Waals surface area contributed by atoms with Gasteiger partial charge in [-0.2, -0.15) is 0 Å². The minimum atomic E-state index is 0.404. The lowest BCUT2D eigenvalue weighted by Crippen LogP contribution is -2.63. The molecule has 10 atom stereocenters. The molecule has 4 unspecified atom stereocenters. The zero-order valence-electron chi connectivity index (χ0n) is 20.8. The highest BCUT2D eigenvalue weighted by molar-refractivity contribution is 5.44. The van der Waals surface area contributed by atoms with Gasteiger partial charge in [0.25, 0.3) is 0 Å². The Morgan fingerprint density at radius 2 is 1.09 bits per heavy atom. The van der Waals surface area contributed by atoms with Gasteiger partial charge < -0.3 is 16.0 Å². The van der Waals surface area contributed by atoms with Crippen molar-refractivity contribution in [2.75, 3.05) is 13.1 Å². The van der Waals surface area contributed by atoms with Crippen molar-refractivity contribution in [3.05, 3.63) is 70.8 Å². The van der Waals surface area contributed by atoms with Gasteiger partial charge in [0.1, 0.15) is 0 Å². The van der Waals surface area contributed by atoms with Gasteiger partial charge in [-0.1, -0.05) is 48.5 Å². The molecule has 2 saturated carbocycles. The highest BCUT2D eigenvalue weighted by atomic mass is 15.1. The van der Waals surface area contributed by atoms with Crippen molar-refractivity contribution in [3.8, 4) is 0 Å². The zero-order valence-corrected chi connectivity index (χ0v) is 20.8. The molecule has 7 aliphatic rings. The van der Waals surface area contributed by atoms with Gasteiger partial charge in [0, 0.05) is 35.0 Å². The summed E-state index contributed by atoms with van der Waals surface area (Å²) in [6.07, 6.45) is 10.8. The Hall–Kier alpha value is -1.68. The second-order valence-corrected chi connectivity index (χ2v) is 13.5. The van der Waals surface area contributed by atoms with Gasteiger partial charge in [-0.25, -0.2) is 0 Å². The zero-order chi connectivity index (χ0) is 22.8. The molecule has 182 valence electrons. The SMILES string of the molecule is c1ccc2c(c1)C[C@H]1NCC[C@@]23CC2NC4C[C@]56CCN[C@H](Cc7ccccc75)[C@@H]6CC4C2C[C@@H]13. The van der Waals surface area contributed by atoms with E-state index in [0.717, 1.165) is 23.7 Å². The molecule has 5 fully saturated rings. The van der Waals surface area contributed by atoms with Crippen molar-refractivity contribution in [1.29, 1.82) is 0 Å². The summed E-state index contributed by atoms with van der Waals surface area (Å²) in [5, 5.41) is 12.4. The average Bonchev–Trinajstić information content (AvgIpc) is 3.21. The molecule has 0 radical (unpaired) electrons. The minimum Gasteiger partial charge on any atom is -0.313 e. The van der Waals surface area contributed by atoms with Crippen molar-refractivity contribution in [2.24, 2.45) is 23.7 Å². The predicted octanol–water partition coefficient (Wildman–Crippen LogP) is 4.09. The predicted molar refractivity (Wildman–Crippen MR) is 140 cm³/mol. The molecule has 3 nitrogen and oxygen atoms in total. The van der Waals surface area contributed by atoms with Crippen LogP contribution in [-0.4, -0.2) is 37.3 Å². The van der Waals surface area contributed by atoms with Crippen LogP contribution < -0.4 is 16.0 Å². The number of piperidine rings is 2. The van der Waals surface area contributed by atoms with Crippen molar-refractivity contribution < 1.29 is 0 Å². The van der Waals surface area contributed by atoms with E-state index in [0.29, 0.717) is 35.0 Å². The van der Waals surface area contributed by atoms with Crippen LogP contribution >= 0.6 is 0 Å². The van der Waals surface area contributed by atoms with Crippen molar-refractivity contribution in [3.63, 3.8) is 0 Å². The third-order valence-corrected chi connectivity index (χ3v) is 12.6. The van der Waals surface area contributed by atoms with Crippen LogP contribution in [0.3, 0.4) is 0 Å². The molecule has 3 N–H and O–H groups in total. The van der Waals surface area contributed by atoms with E-state index in [9.17, 15) is 0 Å². The van der Waals surface area contributed by atoms with E-state index in [2.05, 4.69) is 64.5 Å². The molecule has 0 aromatic heterocycles. The number of hydrogen-bond donors (Lipinski definition) is 3. The number of hydrogen-bond acceptors (Lipinski definition) is 3. The summed E-state index contributed by atoms with van der Waals surface area (Å²) in [4.78, 5) is 0. The van der Waals surface area contributed by atoms with E-state index in [-0.39, 0.29) is 0 Å². The summed E-state index contributed by atoms with van der Waals surface area (Å²) < 4.78 is 0. The van der Waals surface area contributed by atoms with Gasteiger partial charge in [0.2, 0.25) is 0 Å². The standard InChI is InChI=1S/C32H39N3/c1-3-7-23-19(5-1)13-27-25-15-21-22-16-26-28-14-20-6-2-4-8-24(20)32(26,10-12-34-28)18-30(22)35-29(21)17-31(23,25)9-11-33-27/h1-8,21-22,25-30,33-35H,9-18H2/t21?,22?,25-,26-,27+,28+,29?,30?,31+,32+/m0/s1. The van der Waals surface area contributed by atoms with Crippen molar-refractivity contribution in [1.82, 2.24) is 16.0 Å². The Morgan fingerprint density at radius 1 is 0.600 bits per heavy atom. The van der Waals surface area contributed by atoms with Crippen molar-refractivity contribution >= 4 is 0 Å². The molecule has 2 aromatic rings. The number of rotatable bonds is 0. The lowest BCUT2D eigenvalue weighted by atomic mass is 9.47. The molecule has 3 aliphatic heterocycles. The molecule has 2 aromatic carbocycles. The first-order valence-corrected chi connectivity index (χ1v) is 14.6. The summed E-state index contributed by atoms with van der Waals surface area (Å²) in [5.74, 6) is 3.41. The monoisotopic (exact) mass is 465 g/mol. The van der Waals surface area contributed by atoms with Crippen LogP contribution in [0.2, 0.25) is 0 Å². The quantitative estimate of drug-likeness (QED) is 0.549. The third-order valence-electron chi connectivity index (χ3n) is 12.6. The maximum atomic E-state index is 4.38. The Labute approximate surface area is 209 Å². The minimum absolute atomic E-state index is 0.404. The first-order valence-electron chi connectivity index (χ1n) is 14.6. The Morgan fingerprint density at radius 3 is 1.60 bits per heavy atom. The maximum absolute atomic E-state index is 4.38.